The zero-order valence-electron chi connectivity index (χ0n) is 18.7. The lowest BCUT2D eigenvalue weighted by atomic mass is 9.97. The molecule has 33 heavy (non-hydrogen) atoms. The van der Waals surface area contributed by atoms with Crippen molar-refractivity contribution in [3.8, 4) is 39.7 Å². The Balaban J connectivity index is 0.00000126. The van der Waals surface area contributed by atoms with E-state index in [1.54, 1.807) is 30.3 Å². The molecule has 0 unspecified atom stereocenters. The number of phenolic OH excluding ortho intramolecular Hbond substituents is 2. The van der Waals surface area contributed by atoms with Gasteiger partial charge in [-0.3, -0.25) is 0 Å². The topological polar surface area (TPSA) is 62.8 Å². The Kier molecular flexibility index (Phi) is 6.65. The molecule has 0 atom stereocenters. The third-order valence-corrected chi connectivity index (χ3v) is 5.18. The summed E-state index contributed by atoms with van der Waals surface area (Å²) >= 11 is 0. The molecule has 0 aliphatic rings. The van der Waals surface area contributed by atoms with Gasteiger partial charge in [0.05, 0.1) is 0 Å². The minimum Gasteiger partial charge on any atom is -0.508 e. The molecule has 0 radical (unpaired) electrons. The van der Waals surface area contributed by atoms with Crippen LogP contribution in [0.2, 0.25) is 0 Å². The number of phenols is 2. The molecule has 1 aromatic heterocycles. The average molecular weight is 439 g/mol. The molecule has 166 valence electrons. The maximum atomic E-state index is 10.1. The Bertz CT molecular complexity index is 1340. The number of fused-ring (bicyclic) bond motifs is 1. The van der Waals surface area contributed by atoms with Crippen LogP contribution in [-0.2, 0) is 6.61 Å². The number of ether oxygens (including phenoxy) is 1. The molecule has 0 saturated heterocycles. The Labute approximate surface area is 193 Å². The third kappa shape index (κ3) is 5.01. The summed E-state index contributed by atoms with van der Waals surface area (Å²) in [6.07, 6.45) is 0. The van der Waals surface area contributed by atoms with Crippen LogP contribution in [0.25, 0.3) is 33.4 Å². The highest BCUT2D eigenvalue weighted by Gasteiger charge is 2.14. The van der Waals surface area contributed by atoms with Gasteiger partial charge in [0.25, 0.3) is 0 Å². The van der Waals surface area contributed by atoms with Crippen molar-refractivity contribution in [1.29, 1.82) is 0 Å². The van der Waals surface area contributed by atoms with Crippen LogP contribution in [0.5, 0.6) is 17.2 Å². The van der Waals surface area contributed by atoms with E-state index in [0.29, 0.717) is 18.0 Å². The zero-order chi connectivity index (χ0) is 23.2. The lowest BCUT2D eigenvalue weighted by Crippen LogP contribution is -1.94. The Morgan fingerprint density at radius 3 is 2.15 bits per heavy atom. The SMILES string of the molecule is CC.Oc1ccc(-c2cc3cc(O)ccc3o2)c(-c2ccc(OCc3ccccc3)cc2)c1. The molecule has 5 aromatic rings. The lowest BCUT2D eigenvalue weighted by molar-refractivity contribution is 0.306. The highest BCUT2D eigenvalue weighted by Crippen LogP contribution is 2.38. The predicted molar refractivity (Wildman–Crippen MR) is 133 cm³/mol. The number of hydrogen-bond acceptors (Lipinski definition) is 4. The summed E-state index contributed by atoms with van der Waals surface area (Å²) in [6.45, 7) is 4.50. The molecule has 4 aromatic carbocycles. The Morgan fingerprint density at radius 1 is 0.697 bits per heavy atom. The van der Waals surface area contributed by atoms with Crippen molar-refractivity contribution < 1.29 is 19.4 Å². The first-order valence-corrected chi connectivity index (χ1v) is 11.0. The van der Waals surface area contributed by atoms with Crippen molar-refractivity contribution in [3.05, 3.63) is 103 Å². The van der Waals surface area contributed by atoms with E-state index in [1.165, 1.54) is 0 Å². The van der Waals surface area contributed by atoms with Crippen LogP contribution < -0.4 is 4.74 Å². The quantitative estimate of drug-likeness (QED) is 0.294. The van der Waals surface area contributed by atoms with E-state index in [-0.39, 0.29) is 11.5 Å². The molecule has 1 heterocycles. The van der Waals surface area contributed by atoms with E-state index in [4.69, 9.17) is 9.15 Å². The maximum absolute atomic E-state index is 10.1. The summed E-state index contributed by atoms with van der Waals surface area (Å²) in [7, 11) is 0. The summed E-state index contributed by atoms with van der Waals surface area (Å²) in [4.78, 5) is 0. The minimum absolute atomic E-state index is 0.178. The normalized spacial score (nSPS) is 10.5. The van der Waals surface area contributed by atoms with Gasteiger partial charge >= 0.3 is 0 Å². The fourth-order valence-electron chi connectivity index (χ4n) is 3.62. The number of hydrogen-bond donors (Lipinski definition) is 2. The first kappa shape index (κ1) is 22.0. The highest BCUT2D eigenvalue weighted by atomic mass is 16.5. The molecule has 0 bridgehead atoms. The van der Waals surface area contributed by atoms with Crippen LogP contribution in [0, 0.1) is 0 Å². The van der Waals surface area contributed by atoms with Gasteiger partial charge < -0.3 is 19.4 Å². The summed E-state index contributed by atoms with van der Waals surface area (Å²) in [6, 6.07) is 29.9. The maximum Gasteiger partial charge on any atom is 0.136 e. The highest BCUT2D eigenvalue weighted by molar-refractivity contribution is 5.89. The van der Waals surface area contributed by atoms with Crippen molar-refractivity contribution in [2.45, 2.75) is 20.5 Å². The Morgan fingerprint density at radius 2 is 1.39 bits per heavy atom. The third-order valence-electron chi connectivity index (χ3n) is 5.18. The van der Waals surface area contributed by atoms with E-state index < -0.39 is 0 Å². The molecule has 2 N–H and O–H groups in total. The van der Waals surface area contributed by atoms with Crippen molar-refractivity contribution in [1.82, 2.24) is 0 Å². The summed E-state index contributed by atoms with van der Waals surface area (Å²) < 4.78 is 11.9. The Hall–Kier alpha value is -4.18. The predicted octanol–water partition coefficient (Wildman–Crippen LogP) is 7.78. The van der Waals surface area contributed by atoms with Gasteiger partial charge in [-0.15, -0.1) is 0 Å². The molecule has 4 heteroatoms. The van der Waals surface area contributed by atoms with E-state index >= 15 is 0 Å². The molecule has 0 saturated carbocycles. The minimum atomic E-state index is 0.178. The second kappa shape index (κ2) is 9.96. The summed E-state index contributed by atoms with van der Waals surface area (Å²) in [5.41, 5.74) is 4.43. The van der Waals surface area contributed by atoms with Crippen LogP contribution in [0.4, 0.5) is 0 Å². The van der Waals surface area contributed by atoms with Crippen LogP contribution >= 0.6 is 0 Å². The molecular formula is C29H26O4. The standard InChI is InChI=1S/C27H20O4.C2H6/c28-21-9-13-26-20(14-21)15-27(31-26)24-12-8-22(29)16-25(24)19-6-10-23(11-7-19)30-17-18-4-2-1-3-5-18;1-2/h1-16,28-29H,17H2;1-2H3. The number of aromatic hydroxyl groups is 2. The number of furan rings is 1. The molecule has 0 fully saturated rings. The second-order valence-electron chi connectivity index (χ2n) is 7.36. The second-order valence-corrected chi connectivity index (χ2v) is 7.36. The fourth-order valence-corrected chi connectivity index (χ4v) is 3.62. The molecular weight excluding hydrogens is 412 g/mol. The molecule has 0 amide bonds. The average Bonchev–Trinajstić information content (AvgIpc) is 3.28. The molecule has 5 rings (SSSR count). The van der Waals surface area contributed by atoms with Gasteiger partial charge in [-0.1, -0.05) is 56.3 Å². The number of benzene rings is 4. The molecule has 0 aliphatic heterocycles. The molecule has 0 spiro atoms. The first-order chi connectivity index (χ1) is 16.2. The van der Waals surface area contributed by atoms with Gasteiger partial charge in [-0.25, -0.2) is 0 Å². The molecule has 0 aliphatic carbocycles. The van der Waals surface area contributed by atoms with Crippen LogP contribution in [0.1, 0.15) is 19.4 Å². The van der Waals surface area contributed by atoms with Crippen molar-refractivity contribution in [2.75, 3.05) is 0 Å². The first-order valence-electron chi connectivity index (χ1n) is 11.0. The summed E-state index contributed by atoms with van der Waals surface area (Å²) in [5.74, 6) is 1.81. The van der Waals surface area contributed by atoms with Crippen molar-refractivity contribution in [3.63, 3.8) is 0 Å². The van der Waals surface area contributed by atoms with Crippen molar-refractivity contribution >= 4 is 11.0 Å². The van der Waals surface area contributed by atoms with E-state index in [9.17, 15) is 10.2 Å². The van der Waals surface area contributed by atoms with Gasteiger partial charge in [0.15, 0.2) is 0 Å². The lowest BCUT2D eigenvalue weighted by Gasteiger charge is -2.11. The monoisotopic (exact) mass is 438 g/mol. The van der Waals surface area contributed by atoms with Gasteiger partial charge in [0, 0.05) is 10.9 Å². The smallest absolute Gasteiger partial charge is 0.136 e. The van der Waals surface area contributed by atoms with E-state index in [2.05, 4.69) is 0 Å². The van der Waals surface area contributed by atoms with Gasteiger partial charge in [0.2, 0.25) is 0 Å². The van der Waals surface area contributed by atoms with Crippen molar-refractivity contribution in [2.24, 2.45) is 0 Å². The zero-order valence-corrected chi connectivity index (χ0v) is 18.7. The van der Waals surface area contributed by atoms with Crippen LogP contribution in [0.3, 0.4) is 0 Å². The van der Waals surface area contributed by atoms with Gasteiger partial charge in [0.1, 0.15) is 35.2 Å². The number of rotatable bonds is 5. The van der Waals surface area contributed by atoms with Gasteiger partial charge in [-0.2, -0.15) is 0 Å². The largest absolute Gasteiger partial charge is 0.508 e. The van der Waals surface area contributed by atoms with Crippen LogP contribution in [0.15, 0.2) is 101 Å². The fraction of sp³-hybridized carbons (Fsp3) is 0.103. The van der Waals surface area contributed by atoms with Gasteiger partial charge in [-0.05, 0) is 71.3 Å². The summed E-state index contributed by atoms with van der Waals surface area (Å²) in [5, 5.41) is 20.7. The van der Waals surface area contributed by atoms with E-state index in [0.717, 1.165) is 33.4 Å². The van der Waals surface area contributed by atoms with E-state index in [1.807, 2.05) is 80.6 Å². The van der Waals surface area contributed by atoms with Crippen LogP contribution in [-0.4, -0.2) is 10.2 Å². The molecule has 4 nitrogen and oxygen atoms in total.